The first-order chi connectivity index (χ1) is 15.7. The lowest BCUT2D eigenvalue weighted by Crippen LogP contribution is -2.14. The molecule has 0 bridgehead atoms. The second-order valence-corrected chi connectivity index (χ2v) is 7.57. The summed E-state index contributed by atoms with van der Waals surface area (Å²) in [4.78, 5) is 12.2. The van der Waals surface area contributed by atoms with E-state index in [9.17, 15) is 9.18 Å². The van der Waals surface area contributed by atoms with E-state index in [1.54, 1.807) is 22.8 Å². The highest BCUT2D eigenvalue weighted by Gasteiger charge is 2.19. The molecule has 0 fully saturated rings. The molecule has 0 saturated carbocycles. The molecule has 1 heterocycles. The van der Waals surface area contributed by atoms with E-state index in [-0.39, 0.29) is 19.0 Å². The van der Waals surface area contributed by atoms with Crippen LogP contribution in [0.2, 0.25) is 0 Å². The molecule has 8 heteroatoms. The number of carbonyl (C=O) groups is 1. The molecule has 1 aromatic heterocycles. The summed E-state index contributed by atoms with van der Waals surface area (Å²) in [7, 11) is 0. The van der Waals surface area contributed by atoms with Crippen LogP contribution >= 0.6 is 11.8 Å². The Bertz CT molecular complexity index is 1170. The third kappa shape index (κ3) is 5.33. The average Bonchev–Trinajstić information content (AvgIpc) is 3.26. The Hall–Kier alpha value is -3.65. The van der Waals surface area contributed by atoms with Crippen LogP contribution in [0.1, 0.15) is 0 Å². The number of thioether (sulfide) groups is 1. The topological polar surface area (TPSA) is 66.2 Å². The van der Waals surface area contributed by atoms with Gasteiger partial charge in [-0.05, 0) is 36.4 Å². The SMILES string of the molecule is O=C(CSc1nnc(-c2ccccc2F)n1-c1ccccc1)OCCOc1ccccc1. The van der Waals surface area contributed by atoms with Crippen molar-refractivity contribution < 1.29 is 18.7 Å². The maximum absolute atomic E-state index is 14.4. The van der Waals surface area contributed by atoms with Crippen molar-refractivity contribution in [3.63, 3.8) is 0 Å². The minimum Gasteiger partial charge on any atom is -0.490 e. The van der Waals surface area contributed by atoms with Crippen LogP contribution in [0, 0.1) is 5.82 Å². The molecule has 0 aliphatic heterocycles. The van der Waals surface area contributed by atoms with Gasteiger partial charge in [-0.15, -0.1) is 10.2 Å². The van der Waals surface area contributed by atoms with Crippen molar-refractivity contribution in [1.29, 1.82) is 0 Å². The number of rotatable bonds is 9. The van der Waals surface area contributed by atoms with Crippen LogP contribution < -0.4 is 4.74 Å². The van der Waals surface area contributed by atoms with Crippen LogP contribution in [0.5, 0.6) is 5.75 Å². The summed E-state index contributed by atoms with van der Waals surface area (Å²) < 4.78 is 26.9. The first kappa shape index (κ1) is 21.6. The molecular formula is C24H20FN3O3S. The molecule has 0 aliphatic rings. The quantitative estimate of drug-likeness (QED) is 0.208. The monoisotopic (exact) mass is 449 g/mol. The molecule has 0 amide bonds. The molecule has 0 atom stereocenters. The van der Waals surface area contributed by atoms with Gasteiger partial charge in [0.15, 0.2) is 11.0 Å². The van der Waals surface area contributed by atoms with Crippen LogP contribution in [0.25, 0.3) is 17.1 Å². The van der Waals surface area contributed by atoms with Crippen molar-refractivity contribution in [1.82, 2.24) is 14.8 Å². The summed E-state index contributed by atoms with van der Waals surface area (Å²) in [5.74, 6) is 0.317. The summed E-state index contributed by atoms with van der Waals surface area (Å²) in [6, 6.07) is 25.1. The summed E-state index contributed by atoms with van der Waals surface area (Å²) in [6.45, 7) is 0.401. The van der Waals surface area contributed by atoms with E-state index in [2.05, 4.69) is 10.2 Å². The fraction of sp³-hybridized carbons (Fsp3) is 0.125. The number of carbonyl (C=O) groups excluding carboxylic acids is 1. The van der Waals surface area contributed by atoms with Gasteiger partial charge in [0.2, 0.25) is 0 Å². The van der Waals surface area contributed by atoms with E-state index < -0.39 is 11.8 Å². The molecule has 0 radical (unpaired) electrons. The number of halogens is 1. The number of benzene rings is 3. The highest BCUT2D eigenvalue weighted by atomic mass is 32.2. The molecule has 32 heavy (non-hydrogen) atoms. The summed E-state index contributed by atoms with van der Waals surface area (Å²) in [5.41, 5.74) is 1.10. The molecule has 4 rings (SSSR count). The van der Waals surface area contributed by atoms with Gasteiger partial charge in [0.05, 0.1) is 11.3 Å². The largest absolute Gasteiger partial charge is 0.490 e. The number of esters is 1. The third-order valence-electron chi connectivity index (χ3n) is 4.44. The van der Waals surface area contributed by atoms with Crippen molar-refractivity contribution >= 4 is 17.7 Å². The van der Waals surface area contributed by atoms with Crippen molar-refractivity contribution in [2.45, 2.75) is 5.16 Å². The van der Waals surface area contributed by atoms with Gasteiger partial charge in [-0.1, -0.05) is 60.3 Å². The van der Waals surface area contributed by atoms with E-state index in [1.807, 2.05) is 60.7 Å². The molecule has 0 aliphatic carbocycles. The molecular weight excluding hydrogens is 429 g/mol. The number of para-hydroxylation sites is 2. The predicted molar refractivity (Wildman–Crippen MR) is 120 cm³/mol. The van der Waals surface area contributed by atoms with Crippen LogP contribution in [0.4, 0.5) is 4.39 Å². The standard InChI is InChI=1S/C24H20FN3O3S/c25-21-14-8-7-13-20(21)23-26-27-24(28(23)18-9-3-1-4-10-18)32-17-22(29)31-16-15-30-19-11-5-2-6-12-19/h1-14H,15-17H2. The number of nitrogens with zero attached hydrogens (tertiary/aromatic N) is 3. The third-order valence-corrected chi connectivity index (χ3v) is 5.34. The Kier molecular flexibility index (Phi) is 7.14. The molecule has 162 valence electrons. The highest BCUT2D eigenvalue weighted by Crippen LogP contribution is 2.29. The van der Waals surface area contributed by atoms with Gasteiger partial charge in [0.1, 0.15) is 24.8 Å². The van der Waals surface area contributed by atoms with E-state index in [4.69, 9.17) is 9.47 Å². The zero-order valence-electron chi connectivity index (χ0n) is 17.1. The zero-order valence-corrected chi connectivity index (χ0v) is 17.9. The molecule has 4 aromatic rings. The number of hydrogen-bond acceptors (Lipinski definition) is 6. The number of aromatic nitrogens is 3. The van der Waals surface area contributed by atoms with E-state index in [0.717, 1.165) is 11.4 Å². The van der Waals surface area contributed by atoms with Crippen molar-refractivity contribution in [2.75, 3.05) is 19.0 Å². The Balaban J connectivity index is 1.42. The Morgan fingerprint density at radius 3 is 2.31 bits per heavy atom. The predicted octanol–water partition coefficient (Wildman–Crippen LogP) is 4.79. The molecule has 6 nitrogen and oxygen atoms in total. The first-order valence-corrected chi connectivity index (χ1v) is 10.9. The molecule has 0 saturated heterocycles. The summed E-state index contributed by atoms with van der Waals surface area (Å²) in [5, 5.41) is 8.85. The molecule has 3 aromatic carbocycles. The van der Waals surface area contributed by atoms with Gasteiger partial charge in [0.25, 0.3) is 0 Å². The second kappa shape index (κ2) is 10.6. The summed E-state index contributed by atoms with van der Waals surface area (Å²) >= 11 is 1.18. The van der Waals surface area contributed by atoms with Gasteiger partial charge in [0, 0.05) is 5.69 Å². The van der Waals surface area contributed by atoms with Crippen molar-refractivity contribution in [3.05, 3.63) is 90.7 Å². The van der Waals surface area contributed by atoms with E-state index in [0.29, 0.717) is 16.5 Å². The van der Waals surface area contributed by atoms with Gasteiger partial charge in [-0.25, -0.2) is 4.39 Å². The van der Waals surface area contributed by atoms with Gasteiger partial charge < -0.3 is 9.47 Å². The molecule has 0 N–H and O–H groups in total. The van der Waals surface area contributed by atoms with Gasteiger partial charge in [-0.3, -0.25) is 9.36 Å². The lowest BCUT2D eigenvalue weighted by molar-refractivity contribution is -0.141. The maximum Gasteiger partial charge on any atom is 0.316 e. The van der Waals surface area contributed by atoms with Crippen LogP contribution in [0.15, 0.2) is 90.1 Å². The van der Waals surface area contributed by atoms with Crippen molar-refractivity contribution in [3.8, 4) is 22.8 Å². The number of ether oxygens (including phenoxy) is 2. The minimum absolute atomic E-state index is 0.0353. The lowest BCUT2D eigenvalue weighted by atomic mass is 10.2. The van der Waals surface area contributed by atoms with Crippen LogP contribution in [0.3, 0.4) is 0 Å². The first-order valence-electron chi connectivity index (χ1n) is 9.94. The highest BCUT2D eigenvalue weighted by molar-refractivity contribution is 7.99. The van der Waals surface area contributed by atoms with Crippen molar-refractivity contribution in [2.24, 2.45) is 0 Å². The Labute approximate surface area is 189 Å². The van der Waals surface area contributed by atoms with Crippen LogP contribution in [-0.2, 0) is 9.53 Å². The second-order valence-electron chi connectivity index (χ2n) is 6.63. The Morgan fingerprint density at radius 1 is 0.875 bits per heavy atom. The fourth-order valence-electron chi connectivity index (χ4n) is 2.99. The van der Waals surface area contributed by atoms with E-state index in [1.165, 1.54) is 17.8 Å². The van der Waals surface area contributed by atoms with E-state index >= 15 is 0 Å². The number of hydrogen-bond donors (Lipinski definition) is 0. The molecule has 0 spiro atoms. The smallest absolute Gasteiger partial charge is 0.316 e. The van der Waals surface area contributed by atoms with Crippen LogP contribution in [-0.4, -0.2) is 39.7 Å². The van der Waals surface area contributed by atoms with Gasteiger partial charge >= 0.3 is 5.97 Å². The van der Waals surface area contributed by atoms with Gasteiger partial charge in [-0.2, -0.15) is 0 Å². The fourth-order valence-corrected chi connectivity index (χ4v) is 3.74. The Morgan fingerprint density at radius 2 is 1.56 bits per heavy atom. The molecule has 0 unspecified atom stereocenters. The lowest BCUT2D eigenvalue weighted by Gasteiger charge is -2.11. The summed E-state index contributed by atoms with van der Waals surface area (Å²) in [6.07, 6.45) is 0. The normalized spacial score (nSPS) is 10.7. The maximum atomic E-state index is 14.4. The average molecular weight is 450 g/mol. The zero-order chi connectivity index (χ0) is 22.2. The minimum atomic E-state index is -0.401.